The molecule has 20 heavy (non-hydrogen) atoms. The van der Waals surface area contributed by atoms with E-state index >= 15 is 0 Å². The summed E-state index contributed by atoms with van der Waals surface area (Å²) in [5, 5.41) is 2.18. The van der Waals surface area contributed by atoms with E-state index in [2.05, 4.69) is 15.0 Å². The third kappa shape index (κ3) is 3.19. The van der Waals surface area contributed by atoms with E-state index in [1.807, 2.05) is 0 Å². The third-order valence-electron chi connectivity index (χ3n) is 3.00. The Kier molecular flexibility index (Phi) is 4.12. The topological polar surface area (TPSA) is 54.5 Å². The molecule has 1 aliphatic rings. The van der Waals surface area contributed by atoms with Crippen molar-refractivity contribution in [2.75, 3.05) is 20.3 Å². The summed E-state index contributed by atoms with van der Waals surface area (Å²) in [5.41, 5.74) is 0.257. The monoisotopic (exact) mass is 289 g/mol. The molecule has 0 bridgehead atoms. The van der Waals surface area contributed by atoms with Gasteiger partial charge in [0.2, 0.25) is 0 Å². The van der Waals surface area contributed by atoms with Crippen molar-refractivity contribution in [1.82, 2.24) is 15.2 Å². The highest BCUT2D eigenvalue weighted by Gasteiger charge is 2.46. The Morgan fingerprint density at radius 2 is 2.40 bits per heavy atom. The normalized spacial score (nSPS) is 20.7. The van der Waals surface area contributed by atoms with E-state index in [-0.39, 0.29) is 18.7 Å². The molecule has 5 nitrogen and oxygen atoms in total. The summed E-state index contributed by atoms with van der Waals surface area (Å²) in [6.07, 6.45) is 2.42. The first-order valence-corrected chi connectivity index (χ1v) is 5.96. The molecule has 1 N–H and O–H groups in total. The smallest absolute Gasteiger partial charge is 0.317 e. The lowest BCUT2D eigenvalue weighted by atomic mass is 10.2. The Morgan fingerprint density at radius 1 is 1.65 bits per heavy atom. The third-order valence-corrected chi connectivity index (χ3v) is 3.00. The van der Waals surface area contributed by atoms with Gasteiger partial charge in [-0.15, -0.1) is 0 Å². The quantitative estimate of drug-likeness (QED) is 0.915. The van der Waals surface area contributed by atoms with Crippen molar-refractivity contribution >= 4 is 6.03 Å². The molecule has 1 aromatic heterocycles. The van der Waals surface area contributed by atoms with Crippen LogP contribution in [-0.4, -0.2) is 48.1 Å². The predicted octanol–water partition coefficient (Wildman–Crippen LogP) is 1.40. The summed E-state index contributed by atoms with van der Waals surface area (Å²) in [5.74, 6) is -3.64. The van der Waals surface area contributed by atoms with Gasteiger partial charge >= 0.3 is 6.03 Å². The standard InChI is InChI=1S/C12H14F3N3O2/c1-18(5-8-2-3-16-4-9(8)13)11(19)17-10-6-20-7-12(10,14)15/h2-4,10H,5-7H2,1H3,(H,17,19). The zero-order chi connectivity index (χ0) is 14.8. The molecule has 0 aromatic carbocycles. The zero-order valence-corrected chi connectivity index (χ0v) is 10.8. The summed E-state index contributed by atoms with van der Waals surface area (Å²) < 4.78 is 44.6. The predicted molar refractivity (Wildman–Crippen MR) is 63.7 cm³/mol. The van der Waals surface area contributed by atoms with Crippen molar-refractivity contribution < 1.29 is 22.7 Å². The van der Waals surface area contributed by atoms with Crippen molar-refractivity contribution in [3.8, 4) is 0 Å². The number of carbonyl (C=O) groups is 1. The number of aromatic nitrogens is 1. The van der Waals surface area contributed by atoms with Crippen LogP contribution in [0.5, 0.6) is 0 Å². The number of rotatable bonds is 3. The Morgan fingerprint density at radius 3 is 3.00 bits per heavy atom. The lowest BCUT2D eigenvalue weighted by Gasteiger charge is -2.23. The highest BCUT2D eigenvalue weighted by molar-refractivity contribution is 5.74. The molecular weight excluding hydrogens is 275 g/mol. The van der Waals surface area contributed by atoms with E-state index in [9.17, 15) is 18.0 Å². The van der Waals surface area contributed by atoms with E-state index in [0.717, 1.165) is 11.1 Å². The van der Waals surface area contributed by atoms with E-state index in [1.165, 1.54) is 19.3 Å². The molecule has 0 saturated carbocycles. The van der Waals surface area contributed by atoms with Gasteiger partial charge < -0.3 is 15.0 Å². The number of hydrogen-bond acceptors (Lipinski definition) is 3. The van der Waals surface area contributed by atoms with Gasteiger partial charge in [-0.25, -0.2) is 18.0 Å². The molecule has 1 atom stereocenters. The van der Waals surface area contributed by atoms with Crippen LogP contribution in [0.15, 0.2) is 18.5 Å². The Balaban J connectivity index is 1.94. The fraction of sp³-hybridized carbons (Fsp3) is 0.500. The van der Waals surface area contributed by atoms with Crippen LogP contribution in [0.25, 0.3) is 0 Å². The Hall–Kier alpha value is -1.83. The minimum atomic E-state index is -3.08. The Labute approximate surface area is 113 Å². The van der Waals surface area contributed by atoms with Crippen LogP contribution in [0.1, 0.15) is 5.56 Å². The lowest BCUT2D eigenvalue weighted by molar-refractivity contribution is -0.0222. The van der Waals surface area contributed by atoms with Gasteiger partial charge in [-0.2, -0.15) is 0 Å². The highest BCUT2D eigenvalue weighted by Crippen LogP contribution is 2.25. The molecule has 8 heteroatoms. The second kappa shape index (κ2) is 5.66. The molecule has 0 spiro atoms. The van der Waals surface area contributed by atoms with Crippen LogP contribution in [0, 0.1) is 5.82 Å². The van der Waals surface area contributed by atoms with Crippen LogP contribution in [0.4, 0.5) is 18.0 Å². The molecule has 1 aliphatic heterocycles. The van der Waals surface area contributed by atoms with Gasteiger partial charge in [-0.05, 0) is 6.07 Å². The first kappa shape index (κ1) is 14.6. The number of halogens is 3. The summed E-state index contributed by atoms with van der Waals surface area (Å²) >= 11 is 0. The van der Waals surface area contributed by atoms with E-state index in [4.69, 9.17) is 0 Å². The second-order valence-electron chi connectivity index (χ2n) is 4.60. The largest absolute Gasteiger partial charge is 0.373 e. The first-order valence-electron chi connectivity index (χ1n) is 5.96. The molecule has 1 fully saturated rings. The summed E-state index contributed by atoms with van der Waals surface area (Å²) in [6.45, 7) is -0.990. The number of pyridine rings is 1. The van der Waals surface area contributed by atoms with Crippen LogP contribution in [0.2, 0.25) is 0 Å². The molecule has 1 saturated heterocycles. The molecule has 2 amide bonds. The average molecular weight is 289 g/mol. The maximum absolute atomic E-state index is 13.4. The summed E-state index contributed by atoms with van der Waals surface area (Å²) in [4.78, 5) is 16.5. The number of urea groups is 1. The molecule has 1 aromatic rings. The van der Waals surface area contributed by atoms with E-state index in [1.54, 1.807) is 0 Å². The van der Waals surface area contributed by atoms with E-state index in [0.29, 0.717) is 0 Å². The fourth-order valence-corrected chi connectivity index (χ4v) is 1.80. The van der Waals surface area contributed by atoms with Crippen molar-refractivity contribution in [2.24, 2.45) is 0 Å². The number of carbonyl (C=O) groups excluding carboxylic acids is 1. The maximum Gasteiger partial charge on any atom is 0.317 e. The Bertz CT molecular complexity index is 499. The number of amides is 2. The maximum atomic E-state index is 13.4. The van der Waals surface area contributed by atoms with Crippen molar-refractivity contribution in [2.45, 2.75) is 18.5 Å². The van der Waals surface area contributed by atoms with Gasteiger partial charge in [-0.1, -0.05) is 0 Å². The zero-order valence-electron chi connectivity index (χ0n) is 10.8. The molecule has 110 valence electrons. The number of hydrogen-bond donors (Lipinski definition) is 1. The lowest BCUT2D eigenvalue weighted by Crippen LogP contribution is -2.50. The number of nitrogens with one attached hydrogen (secondary N) is 1. The van der Waals surface area contributed by atoms with Crippen molar-refractivity contribution in [3.05, 3.63) is 29.8 Å². The SMILES string of the molecule is CN(Cc1ccncc1F)C(=O)NC1COCC1(F)F. The van der Waals surface area contributed by atoms with Gasteiger partial charge in [-0.3, -0.25) is 4.98 Å². The molecule has 1 unspecified atom stereocenters. The van der Waals surface area contributed by atoms with Crippen LogP contribution < -0.4 is 5.32 Å². The highest BCUT2D eigenvalue weighted by atomic mass is 19.3. The number of nitrogens with zero attached hydrogens (tertiary/aromatic N) is 2. The van der Waals surface area contributed by atoms with E-state index < -0.39 is 30.4 Å². The van der Waals surface area contributed by atoms with Gasteiger partial charge in [0.25, 0.3) is 5.92 Å². The van der Waals surface area contributed by atoms with Gasteiger partial charge in [0.05, 0.1) is 19.3 Å². The molecule has 0 radical (unpaired) electrons. The summed E-state index contributed by atoms with van der Waals surface area (Å²) in [7, 11) is 1.39. The average Bonchev–Trinajstić information content (AvgIpc) is 2.71. The summed E-state index contributed by atoms with van der Waals surface area (Å²) in [6, 6.07) is -0.650. The van der Waals surface area contributed by atoms with Crippen molar-refractivity contribution in [1.29, 1.82) is 0 Å². The molecular formula is C12H14F3N3O2. The van der Waals surface area contributed by atoms with Gasteiger partial charge in [0.15, 0.2) is 0 Å². The minimum absolute atomic E-state index is 0.0423. The molecule has 2 heterocycles. The minimum Gasteiger partial charge on any atom is -0.373 e. The van der Waals surface area contributed by atoms with Gasteiger partial charge in [0.1, 0.15) is 18.5 Å². The van der Waals surface area contributed by atoms with Gasteiger partial charge in [0, 0.05) is 18.8 Å². The fourth-order valence-electron chi connectivity index (χ4n) is 1.80. The molecule has 2 rings (SSSR count). The van der Waals surface area contributed by atoms with Crippen LogP contribution in [0.3, 0.4) is 0 Å². The van der Waals surface area contributed by atoms with Crippen molar-refractivity contribution in [3.63, 3.8) is 0 Å². The van der Waals surface area contributed by atoms with Crippen LogP contribution >= 0.6 is 0 Å². The number of alkyl halides is 2. The molecule has 0 aliphatic carbocycles. The number of ether oxygens (including phenoxy) is 1. The van der Waals surface area contributed by atoms with Crippen LogP contribution in [-0.2, 0) is 11.3 Å². The first-order chi connectivity index (χ1) is 9.40. The second-order valence-corrected chi connectivity index (χ2v) is 4.60.